The van der Waals surface area contributed by atoms with E-state index in [1.54, 1.807) is 0 Å². The Kier molecular flexibility index (Phi) is 9.39. The number of piperidine rings is 1. The zero-order valence-corrected chi connectivity index (χ0v) is 27.2. The average Bonchev–Trinajstić information content (AvgIpc) is 2.73. The molecule has 1 aliphatic rings. The monoisotopic (exact) mass is 521 g/mol. The Morgan fingerprint density at radius 3 is 1.57 bits per heavy atom. The van der Waals surface area contributed by atoms with E-state index < -0.39 is 16.6 Å². The summed E-state index contributed by atoms with van der Waals surface area (Å²) in [6.45, 7) is 31.4. The van der Waals surface area contributed by atoms with Crippen molar-refractivity contribution in [2.45, 2.75) is 135 Å². The number of hydrogen-bond acceptors (Lipinski definition) is 4. The molecule has 4 nitrogen and oxygen atoms in total. The Balaban J connectivity index is 2.38. The Bertz CT molecular complexity index is 771. The topological polar surface area (TPSA) is 30.9 Å². The molecule has 1 saturated heterocycles. The predicted molar refractivity (Wildman–Crippen MR) is 155 cm³/mol. The van der Waals surface area contributed by atoms with Crippen molar-refractivity contribution in [1.82, 2.24) is 5.06 Å². The minimum absolute atomic E-state index is 0.0475. The van der Waals surface area contributed by atoms with Crippen LogP contribution in [0.15, 0.2) is 30.3 Å². The van der Waals surface area contributed by atoms with E-state index in [9.17, 15) is 0 Å². The molecule has 0 amide bonds. The SMILES string of the molecule is CC(ON1[C@](C)(CO[Si](C)(C)C(C)(C)C)CCC[C@]1(C)CO[Si](C)(C)C(C)(C)C)c1ccccc1. The van der Waals surface area contributed by atoms with Crippen LogP contribution < -0.4 is 0 Å². The highest BCUT2D eigenvalue weighted by Crippen LogP contribution is 2.45. The van der Waals surface area contributed by atoms with E-state index in [1.165, 1.54) is 5.56 Å². The third kappa shape index (κ3) is 7.29. The summed E-state index contributed by atoms with van der Waals surface area (Å²) in [4.78, 5) is 6.91. The molecule has 1 aromatic rings. The summed E-state index contributed by atoms with van der Waals surface area (Å²) in [5.74, 6) is 0. The second-order valence-corrected chi connectivity index (χ2v) is 24.0. The third-order valence-corrected chi connectivity index (χ3v) is 18.0. The van der Waals surface area contributed by atoms with Gasteiger partial charge in [0.25, 0.3) is 0 Å². The lowest BCUT2D eigenvalue weighted by Gasteiger charge is -2.56. The van der Waals surface area contributed by atoms with Crippen molar-refractivity contribution in [2.24, 2.45) is 0 Å². The van der Waals surface area contributed by atoms with Crippen molar-refractivity contribution < 1.29 is 13.7 Å². The van der Waals surface area contributed by atoms with Crippen molar-refractivity contribution >= 4 is 16.6 Å². The van der Waals surface area contributed by atoms with E-state index in [0.717, 1.165) is 19.3 Å². The lowest BCUT2D eigenvalue weighted by atomic mass is 9.80. The number of rotatable bonds is 9. The van der Waals surface area contributed by atoms with E-state index in [0.29, 0.717) is 13.2 Å². The minimum atomic E-state index is -1.90. The van der Waals surface area contributed by atoms with Crippen LogP contribution in [0.25, 0.3) is 0 Å². The van der Waals surface area contributed by atoms with Crippen LogP contribution in [0.2, 0.25) is 36.3 Å². The molecule has 1 heterocycles. The first-order valence-electron chi connectivity index (χ1n) is 13.5. The quantitative estimate of drug-likeness (QED) is 0.304. The fourth-order valence-electron chi connectivity index (χ4n) is 4.27. The summed E-state index contributed by atoms with van der Waals surface area (Å²) >= 11 is 0. The maximum Gasteiger partial charge on any atom is 0.192 e. The first kappa shape index (κ1) is 30.7. The molecule has 6 heteroatoms. The molecule has 1 fully saturated rings. The van der Waals surface area contributed by atoms with Crippen LogP contribution in [0.1, 0.15) is 93.2 Å². The van der Waals surface area contributed by atoms with Gasteiger partial charge in [-0.25, -0.2) is 0 Å². The fourth-order valence-corrected chi connectivity index (χ4v) is 6.48. The van der Waals surface area contributed by atoms with Crippen LogP contribution >= 0.6 is 0 Å². The van der Waals surface area contributed by atoms with Gasteiger partial charge in [-0.3, -0.25) is 4.84 Å². The van der Waals surface area contributed by atoms with Gasteiger partial charge in [-0.15, -0.1) is 0 Å². The van der Waals surface area contributed by atoms with Crippen molar-refractivity contribution in [3.05, 3.63) is 35.9 Å². The van der Waals surface area contributed by atoms with E-state index in [2.05, 4.69) is 124 Å². The first-order valence-corrected chi connectivity index (χ1v) is 19.4. The summed E-state index contributed by atoms with van der Waals surface area (Å²) in [6.07, 6.45) is 3.21. The van der Waals surface area contributed by atoms with Crippen LogP contribution in [0.3, 0.4) is 0 Å². The van der Waals surface area contributed by atoms with Crippen molar-refractivity contribution in [2.75, 3.05) is 13.2 Å². The van der Waals surface area contributed by atoms with Crippen molar-refractivity contribution in [3.8, 4) is 0 Å². The Labute approximate surface area is 219 Å². The largest absolute Gasteiger partial charge is 0.415 e. The molecule has 0 radical (unpaired) electrons. The lowest BCUT2D eigenvalue weighted by molar-refractivity contribution is -0.320. The van der Waals surface area contributed by atoms with Crippen LogP contribution in [0.4, 0.5) is 0 Å². The minimum Gasteiger partial charge on any atom is -0.415 e. The smallest absolute Gasteiger partial charge is 0.192 e. The van der Waals surface area contributed by atoms with Gasteiger partial charge in [0.15, 0.2) is 16.6 Å². The van der Waals surface area contributed by atoms with Gasteiger partial charge in [0, 0.05) is 0 Å². The van der Waals surface area contributed by atoms with Gasteiger partial charge in [-0.1, -0.05) is 71.9 Å². The van der Waals surface area contributed by atoms with E-state index in [1.807, 2.05) is 0 Å². The molecule has 0 aromatic heterocycles. The summed E-state index contributed by atoms with van der Waals surface area (Å²) in [7, 11) is -3.79. The summed E-state index contributed by atoms with van der Waals surface area (Å²) in [5.41, 5.74) is 0.753. The van der Waals surface area contributed by atoms with Crippen molar-refractivity contribution in [3.63, 3.8) is 0 Å². The molecule has 202 valence electrons. The Hall–Kier alpha value is -0.506. The third-order valence-electron chi connectivity index (χ3n) is 9.04. The zero-order valence-electron chi connectivity index (χ0n) is 25.2. The van der Waals surface area contributed by atoms with Gasteiger partial charge in [0.2, 0.25) is 0 Å². The molecule has 0 saturated carbocycles. The first-order chi connectivity index (χ1) is 15.7. The molecule has 0 spiro atoms. The Morgan fingerprint density at radius 2 is 1.20 bits per heavy atom. The number of hydroxylamine groups is 2. The molecular weight excluding hydrogens is 466 g/mol. The fraction of sp³-hybridized carbons (Fsp3) is 0.793. The number of nitrogens with zero attached hydrogens (tertiary/aromatic N) is 1. The maximum atomic E-state index is 6.91. The second-order valence-electron chi connectivity index (χ2n) is 14.4. The molecule has 1 aliphatic heterocycles. The average molecular weight is 522 g/mol. The maximum absolute atomic E-state index is 6.91. The molecule has 0 aliphatic carbocycles. The molecule has 1 unspecified atom stereocenters. The van der Waals surface area contributed by atoms with Gasteiger partial charge in [0.1, 0.15) is 6.10 Å². The van der Waals surface area contributed by atoms with E-state index >= 15 is 0 Å². The van der Waals surface area contributed by atoms with E-state index in [4.69, 9.17) is 13.7 Å². The van der Waals surface area contributed by atoms with Gasteiger partial charge in [-0.05, 0) is 81.9 Å². The standard InChI is InChI=1S/C29H55NO3Si2/c1-24(25-18-15-14-16-19-25)33-30-28(8,22-31-34(10,11)26(2,3)4)20-17-21-29(30,9)23-32-35(12,13)27(5,6)7/h14-16,18-19,24H,17,20-23H2,1-13H3/t24?,28-,29+. The highest BCUT2D eigenvalue weighted by Gasteiger charge is 2.51. The van der Waals surface area contributed by atoms with Crippen LogP contribution in [0, 0.1) is 0 Å². The zero-order chi connectivity index (χ0) is 26.9. The summed E-state index contributed by atoms with van der Waals surface area (Å²) in [5, 5.41) is 2.66. The number of benzene rings is 1. The summed E-state index contributed by atoms with van der Waals surface area (Å²) < 4.78 is 13.7. The molecule has 0 bridgehead atoms. The lowest BCUT2D eigenvalue weighted by Crippen LogP contribution is -2.66. The van der Waals surface area contributed by atoms with Crippen molar-refractivity contribution in [1.29, 1.82) is 0 Å². The highest BCUT2D eigenvalue weighted by atomic mass is 28.4. The second kappa shape index (κ2) is 10.7. The van der Waals surface area contributed by atoms with Crippen LogP contribution in [-0.4, -0.2) is 46.0 Å². The normalized spacial score (nSPS) is 26.1. The van der Waals surface area contributed by atoms with Gasteiger partial charge in [0.05, 0.1) is 24.3 Å². The molecule has 35 heavy (non-hydrogen) atoms. The van der Waals surface area contributed by atoms with Gasteiger partial charge >= 0.3 is 0 Å². The predicted octanol–water partition coefficient (Wildman–Crippen LogP) is 8.73. The molecule has 0 N–H and O–H groups in total. The summed E-state index contributed by atoms with van der Waals surface area (Å²) in [6, 6.07) is 10.5. The number of hydrogen-bond donors (Lipinski definition) is 0. The highest BCUT2D eigenvalue weighted by molar-refractivity contribution is 6.74. The molecular formula is C29H55NO3Si2. The van der Waals surface area contributed by atoms with Crippen LogP contribution in [-0.2, 0) is 13.7 Å². The molecule has 3 atom stereocenters. The molecule has 1 aromatic carbocycles. The Morgan fingerprint density at radius 1 is 0.800 bits per heavy atom. The molecule has 2 rings (SSSR count). The van der Waals surface area contributed by atoms with Crippen LogP contribution in [0.5, 0.6) is 0 Å². The van der Waals surface area contributed by atoms with Gasteiger partial charge < -0.3 is 8.85 Å². The van der Waals surface area contributed by atoms with Gasteiger partial charge in [-0.2, -0.15) is 5.06 Å². The van der Waals surface area contributed by atoms with E-state index in [-0.39, 0.29) is 27.3 Å².